The van der Waals surface area contributed by atoms with Crippen LogP contribution in [0.3, 0.4) is 0 Å². The van der Waals surface area contributed by atoms with Gasteiger partial charge in [0.25, 0.3) is 0 Å². The van der Waals surface area contributed by atoms with E-state index >= 15 is 0 Å². The number of carbonyl (C=O) groups is 2. The second-order valence-corrected chi connectivity index (χ2v) is 5.44. The van der Waals surface area contributed by atoms with Gasteiger partial charge in [-0.3, -0.25) is 9.59 Å². The molecule has 0 saturated carbocycles. The van der Waals surface area contributed by atoms with E-state index in [2.05, 4.69) is 0 Å². The monoisotopic (exact) mass is 302 g/mol. The summed E-state index contributed by atoms with van der Waals surface area (Å²) < 4.78 is 13.6. The summed E-state index contributed by atoms with van der Waals surface area (Å²) in [5.41, 5.74) is 0.139. The van der Waals surface area contributed by atoms with E-state index in [9.17, 15) is 24.2 Å². The predicted molar refractivity (Wildman–Crippen MR) is 71.8 cm³/mol. The topological polar surface area (TPSA) is 94.8 Å². The number of halogens is 1. The molecule has 0 spiro atoms. The van der Waals surface area contributed by atoms with Crippen molar-refractivity contribution in [1.82, 2.24) is 0 Å². The van der Waals surface area contributed by atoms with Crippen LogP contribution in [0.25, 0.3) is 0 Å². The highest BCUT2D eigenvalue weighted by atomic mass is 32.2. The molecule has 0 fully saturated rings. The molecule has 0 heterocycles. The third-order valence-electron chi connectivity index (χ3n) is 2.56. The van der Waals surface area contributed by atoms with Crippen molar-refractivity contribution in [2.75, 3.05) is 5.75 Å². The molecule has 0 radical (unpaired) electrons. The van der Waals surface area contributed by atoms with Crippen LogP contribution >= 0.6 is 11.8 Å². The number of carboxylic acids is 1. The number of carboxylic acid groups (broad SMARTS) is 1. The number of aliphatic carboxylic acids is 1. The second-order valence-electron chi connectivity index (χ2n) is 4.24. The molecular weight excluding hydrogens is 287 g/mol. The van der Waals surface area contributed by atoms with Crippen molar-refractivity contribution in [1.29, 1.82) is 0 Å². The number of thioether (sulfide) groups is 1. The summed E-state index contributed by atoms with van der Waals surface area (Å²) in [4.78, 5) is 21.4. The van der Waals surface area contributed by atoms with E-state index < -0.39 is 24.0 Å². The Morgan fingerprint density at radius 3 is 2.55 bits per heavy atom. The van der Waals surface area contributed by atoms with Gasteiger partial charge in [-0.2, -0.15) is 0 Å². The number of hydrogen-bond donors (Lipinski definition) is 3. The Morgan fingerprint density at radius 2 is 2.00 bits per heavy atom. The number of benzene rings is 1. The van der Waals surface area contributed by atoms with Crippen LogP contribution in [0.2, 0.25) is 0 Å². The van der Waals surface area contributed by atoms with Gasteiger partial charge in [-0.05, 0) is 17.7 Å². The summed E-state index contributed by atoms with van der Waals surface area (Å²) in [6.07, 6.45) is -3.15. The van der Waals surface area contributed by atoms with Crippen molar-refractivity contribution in [3.8, 4) is 0 Å². The summed E-state index contributed by atoms with van der Waals surface area (Å²) >= 11 is 0.818. The first-order valence-corrected chi connectivity index (χ1v) is 6.79. The Kier molecular flexibility index (Phi) is 6.12. The summed E-state index contributed by atoms with van der Waals surface area (Å²) in [5, 5.41) is 28.0. The van der Waals surface area contributed by atoms with Crippen LogP contribution < -0.4 is 0 Å². The Morgan fingerprint density at radius 1 is 1.35 bits per heavy atom. The lowest BCUT2D eigenvalue weighted by molar-refractivity contribution is -0.136. The molecule has 20 heavy (non-hydrogen) atoms. The largest absolute Gasteiger partial charge is 0.481 e. The van der Waals surface area contributed by atoms with Gasteiger partial charge in [-0.15, -0.1) is 0 Å². The molecule has 1 aromatic carbocycles. The van der Waals surface area contributed by atoms with Crippen LogP contribution in [0.4, 0.5) is 4.39 Å². The fourth-order valence-electron chi connectivity index (χ4n) is 1.61. The molecule has 0 aliphatic rings. The Bertz CT molecular complexity index is 506. The molecule has 1 rings (SSSR count). The molecule has 0 bridgehead atoms. The van der Waals surface area contributed by atoms with Crippen LogP contribution in [-0.4, -0.2) is 38.3 Å². The molecule has 0 aromatic heterocycles. The summed E-state index contributed by atoms with van der Waals surface area (Å²) in [5.74, 6) is -1.89. The zero-order valence-corrected chi connectivity index (χ0v) is 11.6. The average molecular weight is 302 g/mol. The van der Waals surface area contributed by atoms with Gasteiger partial charge < -0.3 is 15.3 Å². The van der Waals surface area contributed by atoms with Gasteiger partial charge in [-0.25, -0.2) is 4.39 Å². The first-order chi connectivity index (χ1) is 9.31. The van der Waals surface area contributed by atoms with Crippen LogP contribution in [0, 0.1) is 5.82 Å². The van der Waals surface area contributed by atoms with Crippen molar-refractivity contribution in [2.45, 2.75) is 25.6 Å². The standard InChI is InChI=1S/C13H15FO5S/c1-7(15)20-6-11(16)13(19)9-4-8(5-12(17)18)2-3-10(9)14/h2-4,11,13,16,19H,5-6H2,1H3,(H,17,18). The average Bonchev–Trinajstić information content (AvgIpc) is 2.36. The van der Waals surface area contributed by atoms with Gasteiger partial charge in [0.2, 0.25) is 0 Å². The minimum absolute atomic E-state index is 0.0703. The maximum atomic E-state index is 13.6. The molecule has 2 unspecified atom stereocenters. The third-order valence-corrected chi connectivity index (χ3v) is 3.47. The quantitative estimate of drug-likeness (QED) is 0.729. The van der Waals surface area contributed by atoms with E-state index in [1.54, 1.807) is 0 Å². The van der Waals surface area contributed by atoms with Crippen molar-refractivity contribution >= 4 is 22.8 Å². The Balaban J connectivity index is 2.87. The van der Waals surface area contributed by atoms with E-state index in [4.69, 9.17) is 5.11 Å². The Hall–Kier alpha value is -1.44. The highest BCUT2D eigenvalue weighted by molar-refractivity contribution is 8.13. The van der Waals surface area contributed by atoms with Gasteiger partial charge in [0, 0.05) is 18.2 Å². The van der Waals surface area contributed by atoms with E-state index in [0.717, 1.165) is 17.8 Å². The molecule has 2 atom stereocenters. The molecule has 3 N–H and O–H groups in total. The van der Waals surface area contributed by atoms with Crippen molar-refractivity contribution in [3.63, 3.8) is 0 Å². The summed E-state index contributed by atoms with van der Waals surface area (Å²) in [7, 11) is 0. The van der Waals surface area contributed by atoms with Crippen LogP contribution in [0.5, 0.6) is 0 Å². The molecule has 0 amide bonds. The van der Waals surface area contributed by atoms with Gasteiger partial charge >= 0.3 is 5.97 Å². The predicted octanol–water partition coefficient (Wildman–Crippen LogP) is 1.13. The first kappa shape index (κ1) is 16.6. The smallest absolute Gasteiger partial charge is 0.307 e. The highest BCUT2D eigenvalue weighted by Gasteiger charge is 2.22. The lowest BCUT2D eigenvalue weighted by atomic mass is 10.0. The van der Waals surface area contributed by atoms with Crippen LogP contribution in [-0.2, 0) is 16.0 Å². The summed E-state index contributed by atoms with van der Waals surface area (Å²) in [6.45, 7) is 1.32. The number of aliphatic hydroxyl groups is 2. The normalized spacial score (nSPS) is 13.8. The lowest BCUT2D eigenvalue weighted by Crippen LogP contribution is -2.22. The molecule has 7 heteroatoms. The molecule has 110 valence electrons. The minimum atomic E-state index is -1.52. The number of hydrogen-bond acceptors (Lipinski definition) is 5. The minimum Gasteiger partial charge on any atom is -0.481 e. The zero-order valence-electron chi connectivity index (χ0n) is 10.7. The fraction of sp³-hybridized carbons (Fsp3) is 0.385. The van der Waals surface area contributed by atoms with Crippen molar-refractivity contribution < 1.29 is 29.3 Å². The van der Waals surface area contributed by atoms with Crippen LogP contribution in [0.15, 0.2) is 18.2 Å². The maximum Gasteiger partial charge on any atom is 0.307 e. The van der Waals surface area contributed by atoms with E-state index in [1.807, 2.05) is 0 Å². The summed E-state index contributed by atoms with van der Waals surface area (Å²) in [6, 6.07) is 3.55. The van der Waals surface area contributed by atoms with Crippen molar-refractivity contribution in [2.24, 2.45) is 0 Å². The van der Waals surface area contributed by atoms with Gasteiger partial charge in [-0.1, -0.05) is 17.8 Å². The maximum absolute atomic E-state index is 13.6. The molecule has 5 nitrogen and oxygen atoms in total. The van der Waals surface area contributed by atoms with Crippen molar-refractivity contribution in [3.05, 3.63) is 35.1 Å². The van der Waals surface area contributed by atoms with E-state index in [-0.39, 0.29) is 22.9 Å². The van der Waals surface area contributed by atoms with Gasteiger partial charge in [0.1, 0.15) is 11.9 Å². The molecule has 0 aliphatic carbocycles. The molecule has 0 saturated heterocycles. The lowest BCUT2D eigenvalue weighted by Gasteiger charge is -2.18. The van der Waals surface area contributed by atoms with Gasteiger partial charge in [0.15, 0.2) is 5.12 Å². The third kappa shape index (κ3) is 4.92. The number of rotatable bonds is 6. The number of aliphatic hydroxyl groups excluding tert-OH is 2. The zero-order chi connectivity index (χ0) is 15.3. The van der Waals surface area contributed by atoms with E-state index in [1.165, 1.54) is 19.1 Å². The highest BCUT2D eigenvalue weighted by Crippen LogP contribution is 2.24. The second kappa shape index (κ2) is 7.37. The molecular formula is C13H15FO5S. The van der Waals surface area contributed by atoms with E-state index in [0.29, 0.717) is 5.56 Å². The molecule has 0 aliphatic heterocycles. The fourth-order valence-corrected chi connectivity index (χ4v) is 2.19. The molecule has 1 aromatic rings. The van der Waals surface area contributed by atoms with Crippen LogP contribution in [0.1, 0.15) is 24.2 Å². The SMILES string of the molecule is CC(=O)SCC(O)C(O)c1cc(CC(=O)O)ccc1F. The number of carbonyl (C=O) groups excluding carboxylic acids is 1. The first-order valence-electron chi connectivity index (χ1n) is 5.81. The van der Waals surface area contributed by atoms with Gasteiger partial charge in [0.05, 0.1) is 12.5 Å². The Labute approximate surface area is 119 Å².